The predicted molar refractivity (Wildman–Crippen MR) is 90.3 cm³/mol. The average molecular weight is 344 g/mol. The summed E-state index contributed by atoms with van der Waals surface area (Å²) in [6, 6.07) is 8.95. The smallest absolute Gasteiger partial charge is 0.274 e. The van der Waals surface area contributed by atoms with Crippen molar-refractivity contribution in [2.45, 2.75) is 6.92 Å². The van der Waals surface area contributed by atoms with Gasteiger partial charge in [0.05, 0.1) is 12.0 Å². The molecule has 2 rings (SSSR count). The van der Waals surface area contributed by atoms with E-state index in [1.54, 1.807) is 19.1 Å². The molecule has 0 spiro atoms. The maximum Gasteiger partial charge on any atom is 0.274 e. The van der Waals surface area contributed by atoms with E-state index >= 15 is 0 Å². The van der Waals surface area contributed by atoms with Crippen LogP contribution < -0.4 is 14.8 Å². The molecule has 0 bridgehead atoms. The van der Waals surface area contributed by atoms with Crippen LogP contribution in [0.15, 0.2) is 36.4 Å². The van der Waals surface area contributed by atoms with Crippen molar-refractivity contribution < 1.29 is 24.0 Å². The zero-order valence-corrected chi connectivity index (χ0v) is 13.6. The van der Waals surface area contributed by atoms with E-state index in [0.29, 0.717) is 34.6 Å². The van der Waals surface area contributed by atoms with E-state index in [1.807, 2.05) is 0 Å². The second-order valence-electron chi connectivity index (χ2n) is 5.12. The van der Waals surface area contributed by atoms with Crippen molar-refractivity contribution in [1.82, 2.24) is 0 Å². The number of aldehydes is 1. The number of nitro groups is 1. The fraction of sp³-hybridized carbons (Fsp3) is 0.176. The van der Waals surface area contributed by atoms with Crippen LogP contribution in [0.3, 0.4) is 0 Å². The monoisotopic (exact) mass is 344 g/mol. The fourth-order valence-electron chi connectivity index (χ4n) is 2.10. The van der Waals surface area contributed by atoms with Gasteiger partial charge in [-0.1, -0.05) is 6.07 Å². The Labute approximate surface area is 143 Å². The highest BCUT2D eigenvalue weighted by Crippen LogP contribution is 2.27. The third-order valence-electron chi connectivity index (χ3n) is 3.37. The van der Waals surface area contributed by atoms with E-state index in [2.05, 4.69) is 5.32 Å². The van der Waals surface area contributed by atoms with Crippen molar-refractivity contribution in [3.05, 3.63) is 57.6 Å². The number of benzene rings is 2. The zero-order valence-electron chi connectivity index (χ0n) is 13.6. The Balaban J connectivity index is 2.03. The summed E-state index contributed by atoms with van der Waals surface area (Å²) >= 11 is 0. The van der Waals surface area contributed by atoms with E-state index in [0.717, 1.165) is 0 Å². The van der Waals surface area contributed by atoms with E-state index in [9.17, 15) is 19.7 Å². The highest BCUT2D eigenvalue weighted by Gasteiger charge is 2.13. The van der Waals surface area contributed by atoms with Crippen molar-refractivity contribution in [1.29, 1.82) is 0 Å². The molecule has 1 N–H and O–H groups in total. The molecule has 0 unspecified atom stereocenters. The number of aryl methyl sites for hydroxylation is 1. The highest BCUT2D eigenvalue weighted by molar-refractivity contribution is 5.92. The fourth-order valence-corrected chi connectivity index (χ4v) is 2.10. The standard InChI is InChI=1S/C17H16N2O6/c1-11-3-5-13(8-14(11)19(22)23)18-17(21)10-25-15-6-4-12(9-20)7-16(15)24-2/h3-9H,10H2,1-2H3,(H,18,21). The van der Waals surface area contributed by atoms with Gasteiger partial charge in [0.15, 0.2) is 18.1 Å². The van der Waals surface area contributed by atoms with Crippen molar-refractivity contribution in [3.8, 4) is 11.5 Å². The lowest BCUT2D eigenvalue weighted by molar-refractivity contribution is -0.385. The summed E-state index contributed by atoms with van der Waals surface area (Å²) in [5.74, 6) is 0.140. The molecule has 0 aliphatic rings. The summed E-state index contributed by atoms with van der Waals surface area (Å²) in [5.41, 5.74) is 1.14. The molecule has 0 aromatic heterocycles. The molecule has 25 heavy (non-hydrogen) atoms. The van der Waals surface area contributed by atoms with Crippen LogP contribution in [0.2, 0.25) is 0 Å². The number of anilines is 1. The molecule has 8 heteroatoms. The summed E-state index contributed by atoms with van der Waals surface area (Å²) in [7, 11) is 1.42. The Morgan fingerprint density at radius 3 is 2.64 bits per heavy atom. The molecule has 0 aliphatic heterocycles. The van der Waals surface area contributed by atoms with Gasteiger partial charge in [-0.3, -0.25) is 19.7 Å². The van der Waals surface area contributed by atoms with E-state index in [-0.39, 0.29) is 12.3 Å². The molecule has 0 atom stereocenters. The molecule has 0 aliphatic carbocycles. The van der Waals surface area contributed by atoms with Crippen molar-refractivity contribution >= 4 is 23.6 Å². The number of carbonyl (C=O) groups excluding carboxylic acids is 2. The number of nitrogens with zero attached hydrogens (tertiary/aromatic N) is 1. The maximum absolute atomic E-state index is 12.0. The lowest BCUT2D eigenvalue weighted by Crippen LogP contribution is -2.20. The van der Waals surface area contributed by atoms with E-state index in [4.69, 9.17) is 9.47 Å². The molecule has 0 saturated heterocycles. The van der Waals surface area contributed by atoms with Crippen molar-refractivity contribution in [2.24, 2.45) is 0 Å². The number of amides is 1. The minimum atomic E-state index is -0.513. The molecular weight excluding hydrogens is 328 g/mol. The largest absolute Gasteiger partial charge is 0.493 e. The van der Waals surface area contributed by atoms with Crippen LogP contribution in [0.4, 0.5) is 11.4 Å². The molecule has 130 valence electrons. The van der Waals surface area contributed by atoms with Gasteiger partial charge in [0, 0.05) is 22.9 Å². The number of hydrogen-bond donors (Lipinski definition) is 1. The molecule has 2 aromatic carbocycles. The Hall–Kier alpha value is -3.42. The molecule has 0 heterocycles. The van der Waals surface area contributed by atoms with E-state index in [1.165, 1.54) is 31.4 Å². The SMILES string of the molecule is COc1cc(C=O)ccc1OCC(=O)Nc1ccc(C)c([N+](=O)[O-])c1. The van der Waals surface area contributed by atoms with Crippen molar-refractivity contribution in [2.75, 3.05) is 19.0 Å². The highest BCUT2D eigenvalue weighted by atomic mass is 16.6. The third-order valence-corrected chi connectivity index (χ3v) is 3.37. The second kappa shape index (κ2) is 7.91. The number of hydrogen-bond acceptors (Lipinski definition) is 6. The van der Waals surface area contributed by atoms with Crippen LogP contribution in [0.1, 0.15) is 15.9 Å². The average Bonchev–Trinajstić information content (AvgIpc) is 2.61. The van der Waals surface area contributed by atoms with Crippen LogP contribution in [0.5, 0.6) is 11.5 Å². The Morgan fingerprint density at radius 1 is 1.24 bits per heavy atom. The van der Waals surface area contributed by atoms with Gasteiger partial charge in [0.2, 0.25) is 0 Å². The first-order chi connectivity index (χ1) is 11.9. The summed E-state index contributed by atoms with van der Waals surface area (Å²) in [5, 5.41) is 13.5. The minimum absolute atomic E-state index is 0.0789. The Bertz CT molecular complexity index is 819. The van der Waals surface area contributed by atoms with Crippen molar-refractivity contribution in [3.63, 3.8) is 0 Å². The van der Waals surface area contributed by atoms with Crippen LogP contribution >= 0.6 is 0 Å². The molecule has 8 nitrogen and oxygen atoms in total. The van der Waals surface area contributed by atoms with Gasteiger partial charge >= 0.3 is 0 Å². The lowest BCUT2D eigenvalue weighted by atomic mass is 10.2. The normalized spacial score (nSPS) is 10.0. The molecular formula is C17H16N2O6. The third kappa shape index (κ3) is 4.54. The molecule has 2 aromatic rings. The lowest BCUT2D eigenvalue weighted by Gasteiger charge is -2.11. The van der Waals surface area contributed by atoms with Gasteiger partial charge < -0.3 is 14.8 Å². The van der Waals surface area contributed by atoms with Crippen LogP contribution in [0, 0.1) is 17.0 Å². The summed E-state index contributed by atoms with van der Waals surface area (Å²) < 4.78 is 10.5. The van der Waals surface area contributed by atoms with Gasteiger partial charge in [-0.25, -0.2) is 0 Å². The Morgan fingerprint density at radius 2 is 2.00 bits per heavy atom. The van der Waals surface area contributed by atoms with Gasteiger partial charge in [0.25, 0.3) is 11.6 Å². The summed E-state index contributed by atoms with van der Waals surface area (Å²) in [6.07, 6.45) is 0.670. The van der Waals surface area contributed by atoms with Crippen LogP contribution in [-0.2, 0) is 4.79 Å². The minimum Gasteiger partial charge on any atom is -0.493 e. The first kappa shape index (κ1) is 17.9. The molecule has 0 saturated carbocycles. The maximum atomic E-state index is 12.0. The first-order valence-electron chi connectivity index (χ1n) is 7.25. The topological polar surface area (TPSA) is 108 Å². The molecule has 0 fully saturated rings. The number of rotatable bonds is 7. The molecule has 0 radical (unpaired) electrons. The summed E-state index contributed by atoms with van der Waals surface area (Å²) in [6.45, 7) is 1.29. The number of nitrogens with one attached hydrogen (secondary N) is 1. The second-order valence-corrected chi connectivity index (χ2v) is 5.12. The zero-order chi connectivity index (χ0) is 18.4. The molecule has 1 amide bonds. The van der Waals surface area contributed by atoms with Gasteiger partial charge in [0.1, 0.15) is 6.29 Å². The first-order valence-corrected chi connectivity index (χ1v) is 7.25. The number of carbonyl (C=O) groups is 2. The number of ether oxygens (including phenoxy) is 2. The summed E-state index contributed by atoms with van der Waals surface area (Å²) in [4.78, 5) is 33.1. The van der Waals surface area contributed by atoms with Gasteiger partial charge in [-0.15, -0.1) is 0 Å². The number of nitro benzene ring substituents is 1. The predicted octanol–water partition coefficient (Wildman–Crippen LogP) is 2.74. The van der Waals surface area contributed by atoms with Crippen LogP contribution in [0.25, 0.3) is 0 Å². The van der Waals surface area contributed by atoms with Gasteiger partial charge in [-0.05, 0) is 31.2 Å². The van der Waals surface area contributed by atoms with Crippen LogP contribution in [-0.4, -0.2) is 30.8 Å². The quantitative estimate of drug-likeness (QED) is 0.470. The Kier molecular flexibility index (Phi) is 5.67. The van der Waals surface area contributed by atoms with E-state index < -0.39 is 10.8 Å². The number of methoxy groups -OCH3 is 1. The van der Waals surface area contributed by atoms with Gasteiger partial charge in [-0.2, -0.15) is 0 Å².